The van der Waals surface area contributed by atoms with Crippen molar-refractivity contribution in [3.8, 4) is 0 Å². The maximum atomic E-state index is 10.7. The summed E-state index contributed by atoms with van der Waals surface area (Å²) in [6, 6.07) is 0. The number of methoxy groups -OCH3 is 1. The molecule has 0 bridgehead atoms. The number of carbonyl (C=O) groups is 2. The third-order valence-corrected chi connectivity index (χ3v) is 2.12. The van der Waals surface area contributed by atoms with Crippen molar-refractivity contribution in [2.24, 2.45) is 5.92 Å². The van der Waals surface area contributed by atoms with Crippen molar-refractivity contribution in [2.45, 2.75) is 33.1 Å². The van der Waals surface area contributed by atoms with Crippen molar-refractivity contribution in [1.82, 2.24) is 4.90 Å². The monoisotopic (exact) mass is 231 g/mol. The molecule has 1 heterocycles. The first kappa shape index (κ1) is 14.7. The van der Waals surface area contributed by atoms with Gasteiger partial charge < -0.3 is 14.7 Å². The predicted octanol–water partition coefficient (Wildman–Crippen LogP) is 1.97. The molecule has 1 aliphatic rings. The fourth-order valence-electron chi connectivity index (χ4n) is 1.38. The van der Waals surface area contributed by atoms with Gasteiger partial charge in [0.1, 0.15) is 0 Å². The summed E-state index contributed by atoms with van der Waals surface area (Å²) in [5, 5.41) is 8.08. The summed E-state index contributed by atoms with van der Waals surface area (Å²) in [7, 11) is 1.42. The molecule has 1 saturated heterocycles. The molecule has 0 aromatic heterocycles. The Morgan fingerprint density at radius 1 is 1.31 bits per heavy atom. The smallest absolute Gasteiger partial charge is 0.409 e. The number of hydrogen-bond acceptors (Lipinski definition) is 3. The first-order valence-corrected chi connectivity index (χ1v) is 5.52. The highest BCUT2D eigenvalue weighted by molar-refractivity contribution is 5.67. The van der Waals surface area contributed by atoms with Crippen LogP contribution < -0.4 is 0 Å². The highest BCUT2D eigenvalue weighted by atomic mass is 16.5. The van der Waals surface area contributed by atoms with Gasteiger partial charge in [-0.15, -0.1) is 0 Å². The van der Waals surface area contributed by atoms with E-state index in [0.29, 0.717) is 0 Å². The van der Waals surface area contributed by atoms with Crippen molar-refractivity contribution in [3.63, 3.8) is 0 Å². The lowest BCUT2D eigenvalue weighted by Gasteiger charge is -2.11. The van der Waals surface area contributed by atoms with Crippen LogP contribution in [0.2, 0.25) is 0 Å². The summed E-state index contributed by atoms with van der Waals surface area (Å²) in [6.45, 7) is 5.50. The van der Waals surface area contributed by atoms with Crippen LogP contribution in [0, 0.1) is 5.92 Å². The molecule has 1 rings (SSSR count). The standard InChI is InChI=1S/C6H11NO2.C5H10O2/c1-9-6(8)7-4-2-3-5-7;1-4(2)3-5(6)7/h2-5H2,1H3;4H,3H2,1-2H3,(H,6,7). The molecule has 0 radical (unpaired) electrons. The second-order valence-electron chi connectivity index (χ2n) is 4.16. The van der Waals surface area contributed by atoms with E-state index in [2.05, 4.69) is 4.74 Å². The lowest BCUT2D eigenvalue weighted by molar-refractivity contribution is -0.137. The second kappa shape index (κ2) is 7.96. The van der Waals surface area contributed by atoms with E-state index in [1.54, 1.807) is 4.90 Å². The fourth-order valence-corrected chi connectivity index (χ4v) is 1.38. The van der Waals surface area contributed by atoms with E-state index in [-0.39, 0.29) is 18.4 Å². The molecular formula is C11H21NO4. The van der Waals surface area contributed by atoms with Gasteiger partial charge in [0, 0.05) is 19.5 Å². The van der Waals surface area contributed by atoms with Crippen LogP contribution in [0.1, 0.15) is 33.1 Å². The van der Waals surface area contributed by atoms with Crippen LogP contribution in [-0.4, -0.2) is 42.3 Å². The highest BCUT2D eigenvalue weighted by Crippen LogP contribution is 2.07. The van der Waals surface area contributed by atoms with Crippen LogP contribution >= 0.6 is 0 Å². The molecule has 94 valence electrons. The van der Waals surface area contributed by atoms with E-state index in [9.17, 15) is 9.59 Å². The Hall–Kier alpha value is -1.26. The van der Waals surface area contributed by atoms with Crippen LogP contribution in [0.5, 0.6) is 0 Å². The van der Waals surface area contributed by atoms with Gasteiger partial charge in [0.15, 0.2) is 0 Å². The number of nitrogens with zero attached hydrogens (tertiary/aromatic N) is 1. The van der Waals surface area contributed by atoms with Crippen LogP contribution in [0.25, 0.3) is 0 Å². The Balaban J connectivity index is 0.000000293. The lowest BCUT2D eigenvalue weighted by atomic mass is 10.1. The molecule has 0 atom stereocenters. The Morgan fingerprint density at radius 2 is 1.81 bits per heavy atom. The van der Waals surface area contributed by atoms with E-state index < -0.39 is 5.97 Å². The fraction of sp³-hybridized carbons (Fsp3) is 0.818. The zero-order valence-corrected chi connectivity index (χ0v) is 10.2. The molecule has 1 amide bonds. The Morgan fingerprint density at radius 3 is 2.06 bits per heavy atom. The van der Waals surface area contributed by atoms with E-state index in [1.807, 2.05) is 13.8 Å². The SMILES string of the molecule is CC(C)CC(=O)O.COC(=O)N1CCCC1. The summed E-state index contributed by atoms with van der Waals surface area (Å²) in [6.07, 6.45) is 2.33. The number of likely N-dealkylation sites (tertiary alicyclic amines) is 1. The summed E-state index contributed by atoms with van der Waals surface area (Å²) >= 11 is 0. The molecule has 1 aliphatic heterocycles. The minimum Gasteiger partial charge on any atom is -0.481 e. The molecule has 0 spiro atoms. The molecule has 0 aromatic carbocycles. The number of hydrogen-bond donors (Lipinski definition) is 1. The molecule has 0 aliphatic carbocycles. The van der Waals surface area contributed by atoms with Crippen molar-refractivity contribution >= 4 is 12.1 Å². The Bertz CT molecular complexity index is 222. The van der Waals surface area contributed by atoms with E-state index in [1.165, 1.54) is 7.11 Å². The molecule has 1 fully saturated rings. The van der Waals surface area contributed by atoms with Crippen LogP contribution in [0.15, 0.2) is 0 Å². The van der Waals surface area contributed by atoms with Crippen molar-refractivity contribution in [1.29, 1.82) is 0 Å². The van der Waals surface area contributed by atoms with Gasteiger partial charge in [-0.25, -0.2) is 4.79 Å². The van der Waals surface area contributed by atoms with Gasteiger partial charge in [-0.05, 0) is 18.8 Å². The normalized spacial score (nSPS) is 14.4. The van der Waals surface area contributed by atoms with Crippen LogP contribution in [0.4, 0.5) is 4.79 Å². The molecule has 0 unspecified atom stereocenters. The molecule has 16 heavy (non-hydrogen) atoms. The second-order valence-corrected chi connectivity index (χ2v) is 4.16. The number of carboxylic acid groups (broad SMARTS) is 1. The molecule has 0 aromatic rings. The molecule has 5 nitrogen and oxygen atoms in total. The zero-order chi connectivity index (χ0) is 12.6. The maximum Gasteiger partial charge on any atom is 0.409 e. The van der Waals surface area contributed by atoms with E-state index in [4.69, 9.17) is 5.11 Å². The summed E-state index contributed by atoms with van der Waals surface area (Å²) in [5.41, 5.74) is 0. The van der Waals surface area contributed by atoms with Crippen LogP contribution in [0.3, 0.4) is 0 Å². The van der Waals surface area contributed by atoms with Gasteiger partial charge in [0.25, 0.3) is 0 Å². The molecule has 0 saturated carbocycles. The van der Waals surface area contributed by atoms with Gasteiger partial charge in [-0.1, -0.05) is 13.8 Å². The highest BCUT2D eigenvalue weighted by Gasteiger charge is 2.17. The quantitative estimate of drug-likeness (QED) is 0.789. The number of carbonyl (C=O) groups excluding carboxylic acids is 1. The number of carboxylic acids is 1. The van der Waals surface area contributed by atoms with E-state index >= 15 is 0 Å². The first-order valence-electron chi connectivity index (χ1n) is 5.52. The van der Waals surface area contributed by atoms with Gasteiger partial charge in [-0.3, -0.25) is 4.79 Å². The average Bonchev–Trinajstić information content (AvgIpc) is 2.68. The summed E-state index contributed by atoms with van der Waals surface area (Å²) < 4.78 is 4.52. The summed E-state index contributed by atoms with van der Waals surface area (Å²) in [5.74, 6) is -0.438. The van der Waals surface area contributed by atoms with Gasteiger partial charge >= 0.3 is 12.1 Å². The third-order valence-electron chi connectivity index (χ3n) is 2.12. The predicted molar refractivity (Wildman–Crippen MR) is 60.3 cm³/mol. The Labute approximate surface area is 96.4 Å². The largest absolute Gasteiger partial charge is 0.481 e. The minimum absolute atomic E-state index is 0.187. The minimum atomic E-state index is -0.713. The molecule has 5 heteroatoms. The van der Waals surface area contributed by atoms with Crippen molar-refractivity contribution in [3.05, 3.63) is 0 Å². The topological polar surface area (TPSA) is 66.8 Å². The van der Waals surface area contributed by atoms with E-state index in [0.717, 1.165) is 25.9 Å². The molecular weight excluding hydrogens is 210 g/mol. The average molecular weight is 231 g/mol. The van der Waals surface area contributed by atoms with Gasteiger partial charge in [0.05, 0.1) is 7.11 Å². The summed E-state index contributed by atoms with van der Waals surface area (Å²) in [4.78, 5) is 22.2. The van der Waals surface area contributed by atoms with Crippen molar-refractivity contribution in [2.75, 3.05) is 20.2 Å². The number of rotatable bonds is 2. The van der Waals surface area contributed by atoms with Gasteiger partial charge in [0.2, 0.25) is 0 Å². The number of amides is 1. The maximum absolute atomic E-state index is 10.7. The number of ether oxygens (including phenoxy) is 1. The zero-order valence-electron chi connectivity index (χ0n) is 10.2. The Kier molecular flexibility index (Phi) is 7.33. The first-order chi connectivity index (χ1) is 7.47. The van der Waals surface area contributed by atoms with Crippen LogP contribution in [-0.2, 0) is 9.53 Å². The molecule has 1 N–H and O–H groups in total. The lowest BCUT2D eigenvalue weighted by Crippen LogP contribution is -2.27. The third kappa shape index (κ3) is 7.09. The van der Waals surface area contributed by atoms with Gasteiger partial charge in [-0.2, -0.15) is 0 Å². The number of aliphatic carboxylic acids is 1. The van der Waals surface area contributed by atoms with Crippen molar-refractivity contribution < 1.29 is 19.4 Å².